The zero-order valence-corrected chi connectivity index (χ0v) is 8.52. The van der Waals surface area contributed by atoms with Crippen molar-refractivity contribution >= 4 is 11.6 Å². The second-order valence-corrected chi connectivity index (χ2v) is 3.99. The molecule has 0 radical (unpaired) electrons. The molecule has 2 nitrogen and oxygen atoms in total. The van der Waals surface area contributed by atoms with Crippen molar-refractivity contribution in [2.24, 2.45) is 0 Å². The summed E-state index contributed by atoms with van der Waals surface area (Å²) >= 11 is 5.88. The van der Waals surface area contributed by atoms with E-state index in [9.17, 15) is 4.39 Å². The van der Waals surface area contributed by atoms with Gasteiger partial charge in [-0.1, -0.05) is 11.6 Å². The van der Waals surface area contributed by atoms with Gasteiger partial charge in [-0.3, -0.25) is 4.98 Å². The molecule has 14 heavy (non-hydrogen) atoms. The van der Waals surface area contributed by atoms with E-state index < -0.39 is 0 Å². The van der Waals surface area contributed by atoms with Crippen LogP contribution >= 0.6 is 11.6 Å². The van der Waals surface area contributed by atoms with Crippen LogP contribution in [0, 0.1) is 5.82 Å². The van der Waals surface area contributed by atoms with Gasteiger partial charge in [-0.2, -0.15) is 0 Å². The Kier molecular flexibility index (Phi) is 2.99. The van der Waals surface area contributed by atoms with Crippen LogP contribution in [-0.2, 0) is 6.42 Å². The minimum absolute atomic E-state index is 0.300. The Hall–Kier alpha value is -0.670. The summed E-state index contributed by atoms with van der Waals surface area (Å²) in [5.41, 5.74) is 0.584. The third-order valence-corrected chi connectivity index (χ3v) is 2.89. The Balaban J connectivity index is 2.14. The summed E-state index contributed by atoms with van der Waals surface area (Å²) in [5, 5.41) is 3.74. The first-order valence-electron chi connectivity index (χ1n) is 4.78. The quantitative estimate of drug-likeness (QED) is 0.816. The van der Waals surface area contributed by atoms with Crippen LogP contribution in [-0.4, -0.2) is 17.6 Å². The van der Waals surface area contributed by atoms with Crippen LogP contribution in [0.2, 0.25) is 5.02 Å². The molecule has 76 valence electrons. The largest absolute Gasteiger partial charge is 0.314 e. The Morgan fingerprint density at radius 2 is 2.43 bits per heavy atom. The van der Waals surface area contributed by atoms with Gasteiger partial charge in [0.25, 0.3) is 0 Å². The molecule has 1 saturated heterocycles. The molecule has 1 N–H and O–H groups in total. The number of hydrogen-bond donors (Lipinski definition) is 1. The number of hydrogen-bond acceptors (Lipinski definition) is 2. The summed E-state index contributed by atoms with van der Waals surface area (Å²) in [7, 11) is 0. The smallest absolute Gasteiger partial charge is 0.146 e. The minimum Gasteiger partial charge on any atom is -0.314 e. The molecule has 1 atom stereocenters. The van der Waals surface area contributed by atoms with Crippen molar-refractivity contribution in [3.8, 4) is 0 Å². The van der Waals surface area contributed by atoms with E-state index in [2.05, 4.69) is 10.3 Å². The molecular weight excluding hydrogens is 203 g/mol. The van der Waals surface area contributed by atoms with E-state index in [4.69, 9.17) is 11.6 Å². The van der Waals surface area contributed by atoms with Crippen molar-refractivity contribution in [2.45, 2.75) is 25.3 Å². The fraction of sp³-hybridized carbons (Fsp3) is 0.500. The Bertz CT molecular complexity index is 304. The standard InChI is InChI=1S/C10H12ClFN2/c11-9-5-13-6-10(12)8(9)4-7-2-1-3-14-7/h5-7,14H,1-4H2. The van der Waals surface area contributed by atoms with Crippen LogP contribution in [0.1, 0.15) is 18.4 Å². The summed E-state index contributed by atoms with van der Waals surface area (Å²) in [6.45, 7) is 1.02. The van der Waals surface area contributed by atoms with Crippen LogP contribution in [0.5, 0.6) is 0 Å². The van der Waals surface area contributed by atoms with Crippen molar-refractivity contribution < 1.29 is 4.39 Å². The molecule has 0 bridgehead atoms. The highest BCUT2D eigenvalue weighted by atomic mass is 35.5. The lowest BCUT2D eigenvalue weighted by Gasteiger charge is -2.11. The van der Waals surface area contributed by atoms with Gasteiger partial charge < -0.3 is 5.32 Å². The first-order valence-corrected chi connectivity index (χ1v) is 5.16. The molecule has 1 aliphatic rings. The molecule has 0 spiro atoms. The lowest BCUT2D eigenvalue weighted by Crippen LogP contribution is -2.24. The molecule has 0 saturated carbocycles. The van der Waals surface area contributed by atoms with Gasteiger partial charge in [-0.25, -0.2) is 4.39 Å². The number of aromatic nitrogens is 1. The number of halogens is 2. The molecule has 0 aliphatic carbocycles. The highest BCUT2D eigenvalue weighted by Crippen LogP contribution is 2.21. The van der Waals surface area contributed by atoms with Gasteiger partial charge in [0.1, 0.15) is 5.82 Å². The van der Waals surface area contributed by atoms with Crippen LogP contribution in [0.15, 0.2) is 12.4 Å². The second kappa shape index (κ2) is 4.24. The number of nitrogens with one attached hydrogen (secondary N) is 1. The summed E-state index contributed by atoms with van der Waals surface area (Å²) in [6.07, 6.45) is 5.63. The molecule has 1 aliphatic heterocycles. The monoisotopic (exact) mass is 214 g/mol. The molecular formula is C10H12ClFN2. The van der Waals surface area contributed by atoms with Crippen molar-refractivity contribution in [2.75, 3.05) is 6.54 Å². The Morgan fingerprint density at radius 3 is 3.07 bits per heavy atom. The van der Waals surface area contributed by atoms with E-state index >= 15 is 0 Å². The van der Waals surface area contributed by atoms with Crippen molar-refractivity contribution in [1.29, 1.82) is 0 Å². The second-order valence-electron chi connectivity index (χ2n) is 3.58. The van der Waals surface area contributed by atoms with Crippen LogP contribution in [0.4, 0.5) is 4.39 Å². The zero-order chi connectivity index (χ0) is 9.97. The Labute approximate surface area is 87.5 Å². The minimum atomic E-state index is -0.300. The summed E-state index contributed by atoms with van der Waals surface area (Å²) in [4.78, 5) is 3.69. The predicted octanol–water partition coefficient (Wildman–Crippen LogP) is 2.17. The van der Waals surface area contributed by atoms with Crippen molar-refractivity contribution in [3.63, 3.8) is 0 Å². The fourth-order valence-electron chi connectivity index (χ4n) is 1.81. The molecule has 0 aromatic carbocycles. The highest BCUT2D eigenvalue weighted by molar-refractivity contribution is 6.31. The SMILES string of the molecule is Fc1cncc(Cl)c1CC1CCCN1. The van der Waals surface area contributed by atoms with Gasteiger partial charge >= 0.3 is 0 Å². The van der Waals surface area contributed by atoms with E-state index in [1.807, 2.05) is 0 Å². The molecule has 2 heterocycles. The van der Waals surface area contributed by atoms with Gasteiger partial charge in [-0.05, 0) is 25.8 Å². The van der Waals surface area contributed by atoms with E-state index in [-0.39, 0.29) is 5.82 Å². The first kappa shape index (κ1) is 9.87. The van der Waals surface area contributed by atoms with E-state index in [1.54, 1.807) is 0 Å². The predicted molar refractivity (Wildman–Crippen MR) is 53.9 cm³/mol. The fourth-order valence-corrected chi connectivity index (χ4v) is 2.03. The summed E-state index contributed by atoms with van der Waals surface area (Å²) < 4.78 is 13.3. The van der Waals surface area contributed by atoms with Crippen molar-refractivity contribution in [3.05, 3.63) is 28.8 Å². The molecule has 1 unspecified atom stereocenters. The van der Waals surface area contributed by atoms with E-state index in [0.29, 0.717) is 23.0 Å². The van der Waals surface area contributed by atoms with Gasteiger partial charge in [0.2, 0.25) is 0 Å². The van der Waals surface area contributed by atoms with E-state index in [0.717, 1.165) is 19.4 Å². The van der Waals surface area contributed by atoms with Crippen molar-refractivity contribution in [1.82, 2.24) is 10.3 Å². The maximum Gasteiger partial charge on any atom is 0.146 e. The third-order valence-electron chi connectivity index (χ3n) is 2.57. The summed E-state index contributed by atoms with van der Waals surface area (Å²) in [5.74, 6) is -0.300. The zero-order valence-electron chi connectivity index (χ0n) is 7.76. The topological polar surface area (TPSA) is 24.9 Å². The molecule has 0 amide bonds. The van der Waals surface area contributed by atoms with Gasteiger partial charge in [0.15, 0.2) is 0 Å². The molecule has 2 rings (SSSR count). The van der Waals surface area contributed by atoms with Crippen LogP contribution < -0.4 is 5.32 Å². The lowest BCUT2D eigenvalue weighted by molar-refractivity contribution is 0.557. The first-order chi connectivity index (χ1) is 6.77. The maximum atomic E-state index is 13.3. The van der Waals surface area contributed by atoms with Gasteiger partial charge in [-0.15, -0.1) is 0 Å². The average molecular weight is 215 g/mol. The number of pyridine rings is 1. The maximum absolute atomic E-state index is 13.3. The molecule has 1 aromatic rings. The van der Waals surface area contributed by atoms with E-state index in [1.165, 1.54) is 12.4 Å². The van der Waals surface area contributed by atoms with Crippen LogP contribution in [0.25, 0.3) is 0 Å². The average Bonchev–Trinajstić information content (AvgIpc) is 2.64. The Morgan fingerprint density at radius 1 is 1.57 bits per heavy atom. The molecule has 1 aromatic heterocycles. The highest BCUT2D eigenvalue weighted by Gasteiger charge is 2.18. The third kappa shape index (κ3) is 2.04. The lowest BCUT2D eigenvalue weighted by atomic mass is 10.1. The number of rotatable bonds is 2. The number of nitrogens with zero attached hydrogens (tertiary/aromatic N) is 1. The van der Waals surface area contributed by atoms with Gasteiger partial charge in [0, 0.05) is 17.8 Å². The van der Waals surface area contributed by atoms with Crippen LogP contribution in [0.3, 0.4) is 0 Å². The molecule has 1 fully saturated rings. The van der Waals surface area contributed by atoms with Gasteiger partial charge in [0.05, 0.1) is 11.2 Å². The molecule has 4 heteroatoms. The normalized spacial score (nSPS) is 21.4. The summed E-state index contributed by atoms with van der Waals surface area (Å²) in [6, 6.07) is 0.365.